The molecule has 20 heavy (non-hydrogen) atoms. The van der Waals surface area contributed by atoms with Gasteiger partial charge in [0, 0.05) is 18.2 Å². The lowest BCUT2D eigenvalue weighted by atomic mass is 10.0. The van der Waals surface area contributed by atoms with Gasteiger partial charge in [0.15, 0.2) is 6.23 Å². The molecule has 0 spiro atoms. The Morgan fingerprint density at radius 2 is 2.15 bits per heavy atom. The van der Waals surface area contributed by atoms with Crippen molar-refractivity contribution >= 4 is 0 Å². The number of aliphatic hydroxyl groups excluding tert-OH is 1. The van der Waals surface area contributed by atoms with Crippen LogP contribution < -0.4 is 11.2 Å². The van der Waals surface area contributed by atoms with Gasteiger partial charge in [-0.2, -0.15) is 0 Å². The van der Waals surface area contributed by atoms with E-state index < -0.39 is 29.2 Å². The van der Waals surface area contributed by atoms with Crippen LogP contribution in [0, 0.1) is 6.92 Å². The normalized spacial score (nSPS) is 28.9. The molecular formula is C12H18F2N2O4. The highest BCUT2D eigenvalue weighted by Crippen LogP contribution is 2.37. The number of ether oxygens (including phenoxy) is 1. The van der Waals surface area contributed by atoms with Crippen LogP contribution in [0.5, 0.6) is 0 Å². The standard InChI is InChI=1S/C11H15FN2O4.CH3F/c1-6-4-14(10(17)13-8(6)16)9-7(12)3-11(2,5-15)18-9;1-2/h4,7,9,15H,3,5H2,1-2H3,(H,13,16,17);1H3/t7?,9?,11-;/m0./s1. The highest BCUT2D eigenvalue weighted by Gasteiger charge is 2.44. The van der Waals surface area contributed by atoms with E-state index in [1.807, 2.05) is 0 Å². The van der Waals surface area contributed by atoms with Crippen molar-refractivity contribution in [3.63, 3.8) is 0 Å². The summed E-state index contributed by atoms with van der Waals surface area (Å²) >= 11 is 0. The Morgan fingerprint density at radius 3 is 2.65 bits per heavy atom. The number of halogens is 2. The summed E-state index contributed by atoms with van der Waals surface area (Å²) < 4.78 is 29.8. The molecule has 0 aliphatic carbocycles. The molecule has 1 aromatic heterocycles. The smallest absolute Gasteiger partial charge is 0.330 e. The van der Waals surface area contributed by atoms with Gasteiger partial charge < -0.3 is 9.84 Å². The zero-order chi connectivity index (χ0) is 15.5. The Morgan fingerprint density at radius 1 is 1.55 bits per heavy atom. The number of alkyl halides is 2. The summed E-state index contributed by atoms with van der Waals surface area (Å²) in [6.45, 7) is 2.76. The van der Waals surface area contributed by atoms with Crippen LogP contribution >= 0.6 is 0 Å². The third-order valence-corrected chi connectivity index (χ3v) is 3.10. The van der Waals surface area contributed by atoms with E-state index in [4.69, 9.17) is 9.84 Å². The van der Waals surface area contributed by atoms with Gasteiger partial charge in [0.2, 0.25) is 0 Å². The van der Waals surface area contributed by atoms with Crippen molar-refractivity contribution < 1.29 is 18.6 Å². The molecule has 1 aliphatic rings. The molecule has 0 aromatic carbocycles. The second-order valence-electron chi connectivity index (χ2n) is 4.82. The molecule has 0 amide bonds. The summed E-state index contributed by atoms with van der Waals surface area (Å²) in [5, 5.41) is 9.14. The number of aliphatic hydroxyl groups is 1. The van der Waals surface area contributed by atoms with E-state index in [-0.39, 0.29) is 13.0 Å². The van der Waals surface area contributed by atoms with Crippen LogP contribution in [0.1, 0.15) is 25.1 Å². The number of aryl methyl sites for hydroxylation is 1. The minimum Gasteiger partial charge on any atom is -0.393 e. The average molecular weight is 292 g/mol. The van der Waals surface area contributed by atoms with Crippen molar-refractivity contribution in [2.75, 3.05) is 13.8 Å². The van der Waals surface area contributed by atoms with Gasteiger partial charge in [-0.1, -0.05) is 0 Å². The Hall–Kier alpha value is -1.54. The van der Waals surface area contributed by atoms with E-state index in [2.05, 4.69) is 4.98 Å². The summed E-state index contributed by atoms with van der Waals surface area (Å²) in [4.78, 5) is 24.9. The molecule has 3 atom stereocenters. The fraction of sp³-hybridized carbons (Fsp3) is 0.667. The second-order valence-corrected chi connectivity index (χ2v) is 4.82. The Labute approximate surface area is 114 Å². The predicted octanol–water partition coefficient (Wildman–Crippen LogP) is 0.439. The van der Waals surface area contributed by atoms with Gasteiger partial charge in [-0.15, -0.1) is 0 Å². The zero-order valence-corrected chi connectivity index (χ0v) is 11.5. The molecule has 114 valence electrons. The highest BCUT2D eigenvalue weighted by molar-refractivity contribution is 5.03. The lowest BCUT2D eigenvalue weighted by Crippen LogP contribution is -2.36. The van der Waals surface area contributed by atoms with Gasteiger partial charge >= 0.3 is 5.69 Å². The Kier molecular flexibility index (Phi) is 5.18. The van der Waals surface area contributed by atoms with Crippen LogP contribution in [-0.4, -0.2) is 40.2 Å². The zero-order valence-electron chi connectivity index (χ0n) is 11.5. The molecule has 0 saturated carbocycles. The number of aromatic nitrogens is 2. The largest absolute Gasteiger partial charge is 0.393 e. The number of nitrogens with zero attached hydrogens (tertiary/aromatic N) is 1. The lowest BCUT2D eigenvalue weighted by Gasteiger charge is -2.22. The molecule has 8 heteroatoms. The highest BCUT2D eigenvalue weighted by atomic mass is 19.1. The first-order chi connectivity index (χ1) is 9.36. The van der Waals surface area contributed by atoms with Crippen LogP contribution in [-0.2, 0) is 4.74 Å². The topological polar surface area (TPSA) is 84.3 Å². The third kappa shape index (κ3) is 3.13. The first-order valence-corrected chi connectivity index (χ1v) is 5.99. The predicted molar refractivity (Wildman–Crippen MR) is 68.2 cm³/mol. The second kappa shape index (κ2) is 6.27. The molecule has 2 rings (SSSR count). The summed E-state index contributed by atoms with van der Waals surface area (Å²) in [5.74, 6) is 0. The van der Waals surface area contributed by atoms with Crippen LogP contribution in [0.3, 0.4) is 0 Å². The number of hydrogen-bond donors (Lipinski definition) is 2. The maximum atomic E-state index is 13.9. The number of H-pyrrole nitrogens is 1. The Balaban J connectivity index is 0.000000956. The van der Waals surface area contributed by atoms with E-state index in [0.717, 1.165) is 4.57 Å². The van der Waals surface area contributed by atoms with E-state index in [1.54, 1.807) is 6.92 Å². The quantitative estimate of drug-likeness (QED) is 0.828. The van der Waals surface area contributed by atoms with E-state index in [9.17, 15) is 18.4 Å². The fourth-order valence-electron chi connectivity index (χ4n) is 2.03. The molecule has 1 aromatic rings. The molecule has 2 N–H and O–H groups in total. The molecule has 1 saturated heterocycles. The van der Waals surface area contributed by atoms with Gasteiger partial charge in [-0.05, 0) is 13.8 Å². The van der Waals surface area contributed by atoms with Gasteiger partial charge in [0.25, 0.3) is 5.56 Å². The van der Waals surface area contributed by atoms with Crippen LogP contribution in [0.4, 0.5) is 8.78 Å². The molecule has 1 aliphatic heterocycles. The molecule has 6 nitrogen and oxygen atoms in total. The van der Waals surface area contributed by atoms with Crippen molar-refractivity contribution in [3.05, 3.63) is 32.6 Å². The molecule has 0 bridgehead atoms. The average Bonchev–Trinajstić information content (AvgIpc) is 2.72. The summed E-state index contributed by atoms with van der Waals surface area (Å²) in [5.41, 5.74) is -1.94. The van der Waals surface area contributed by atoms with Gasteiger partial charge in [0.1, 0.15) is 6.17 Å². The first kappa shape index (κ1) is 16.5. The SMILES string of the molecule is CF.Cc1cn(C2O[C@](C)(CO)CC2F)c(=O)[nH]c1=O. The molecule has 2 unspecified atom stereocenters. The first-order valence-electron chi connectivity index (χ1n) is 5.99. The van der Waals surface area contributed by atoms with E-state index in [1.165, 1.54) is 13.1 Å². The fourth-order valence-corrected chi connectivity index (χ4v) is 2.03. The molecule has 2 heterocycles. The summed E-state index contributed by atoms with van der Waals surface area (Å²) in [6.07, 6.45) is -1.27. The maximum absolute atomic E-state index is 13.9. The van der Waals surface area contributed by atoms with Crippen molar-refractivity contribution in [2.45, 2.75) is 38.3 Å². The molecule has 1 fully saturated rings. The minimum absolute atomic E-state index is 0.00121. The van der Waals surface area contributed by atoms with Crippen LogP contribution in [0.25, 0.3) is 0 Å². The third-order valence-electron chi connectivity index (χ3n) is 3.10. The number of nitrogens with one attached hydrogen (secondary N) is 1. The van der Waals surface area contributed by atoms with Crippen molar-refractivity contribution in [1.29, 1.82) is 0 Å². The van der Waals surface area contributed by atoms with Gasteiger partial charge in [-0.25, -0.2) is 9.18 Å². The maximum Gasteiger partial charge on any atom is 0.330 e. The van der Waals surface area contributed by atoms with E-state index in [0.29, 0.717) is 12.7 Å². The van der Waals surface area contributed by atoms with E-state index >= 15 is 0 Å². The molecular weight excluding hydrogens is 274 g/mol. The Bertz CT molecular complexity index is 571. The van der Waals surface area contributed by atoms with Crippen molar-refractivity contribution in [3.8, 4) is 0 Å². The van der Waals surface area contributed by atoms with Crippen molar-refractivity contribution in [2.24, 2.45) is 0 Å². The monoisotopic (exact) mass is 292 g/mol. The lowest BCUT2D eigenvalue weighted by molar-refractivity contribution is -0.0953. The number of aromatic amines is 1. The van der Waals surface area contributed by atoms with Gasteiger partial charge in [0.05, 0.1) is 19.4 Å². The number of hydrogen-bond acceptors (Lipinski definition) is 4. The molecule has 0 radical (unpaired) electrons. The number of rotatable bonds is 2. The summed E-state index contributed by atoms with van der Waals surface area (Å²) in [6, 6.07) is 0. The summed E-state index contributed by atoms with van der Waals surface area (Å²) in [7, 11) is 0.500. The van der Waals surface area contributed by atoms with Crippen molar-refractivity contribution in [1.82, 2.24) is 9.55 Å². The van der Waals surface area contributed by atoms with Crippen LogP contribution in [0.2, 0.25) is 0 Å². The van der Waals surface area contributed by atoms with Crippen LogP contribution in [0.15, 0.2) is 15.8 Å². The van der Waals surface area contributed by atoms with Gasteiger partial charge in [-0.3, -0.25) is 18.7 Å². The minimum atomic E-state index is -1.41.